The van der Waals surface area contributed by atoms with E-state index >= 15 is 0 Å². The molecule has 0 aliphatic rings. The van der Waals surface area contributed by atoms with Crippen LogP contribution in [0.1, 0.15) is 50.5 Å². The van der Waals surface area contributed by atoms with Gasteiger partial charge in [-0.3, -0.25) is 0 Å². The van der Waals surface area contributed by atoms with Gasteiger partial charge in [-0.05, 0) is 43.4 Å². The first-order chi connectivity index (χ1) is 9.86. The summed E-state index contributed by atoms with van der Waals surface area (Å²) in [6.45, 7) is 5.67. The zero-order chi connectivity index (χ0) is 14.5. The molecular formula is C18H29O2. The Hall–Kier alpha value is -1.02. The van der Waals surface area contributed by atoms with Crippen molar-refractivity contribution in [1.29, 1.82) is 0 Å². The zero-order valence-corrected chi connectivity index (χ0v) is 12.9. The van der Waals surface area contributed by atoms with Gasteiger partial charge in [0.25, 0.3) is 0 Å². The minimum Gasteiger partial charge on any atom is -0.497 e. The lowest BCUT2D eigenvalue weighted by Gasteiger charge is -2.05. The molecule has 1 radical (unpaired) electrons. The van der Waals surface area contributed by atoms with E-state index in [0.29, 0.717) is 0 Å². The topological polar surface area (TPSA) is 18.5 Å². The Labute approximate surface area is 124 Å². The Morgan fingerprint density at radius 3 is 2.10 bits per heavy atom. The second kappa shape index (κ2) is 11.8. The molecule has 0 fully saturated rings. The molecule has 0 spiro atoms. The van der Waals surface area contributed by atoms with E-state index in [4.69, 9.17) is 9.47 Å². The van der Waals surface area contributed by atoms with Gasteiger partial charge in [0, 0.05) is 13.2 Å². The monoisotopic (exact) mass is 277 g/mol. The first-order valence-corrected chi connectivity index (χ1v) is 7.86. The average Bonchev–Trinajstić information content (AvgIpc) is 2.50. The molecule has 2 heteroatoms. The van der Waals surface area contributed by atoms with E-state index in [1.165, 1.54) is 44.1 Å². The number of benzene rings is 1. The summed E-state index contributed by atoms with van der Waals surface area (Å²) < 4.78 is 10.8. The van der Waals surface area contributed by atoms with E-state index in [0.717, 1.165) is 31.8 Å². The molecule has 2 nitrogen and oxygen atoms in total. The fraction of sp³-hybridized carbons (Fsp3) is 0.611. The van der Waals surface area contributed by atoms with Gasteiger partial charge in [0.2, 0.25) is 0 Å². The Kier molecular flexibility index (Phi) is 10.0. The van der Waals surface area contributed by atoms with Gasteiger partial charge in [-0.1, -0.05) is 44.7 Å². The Morgan fingerprint density at radius 2 is 1.50 bits per heavy atom. The number of methoxy groups -OCH3 is 1. The number of rotatable bonds is 12. The molecule has 0 bridgehead atoms. The lowest BCUT2D eigenvalue weighted by atomic mass is 10.1. The molecule has 0 aliphatic heterocycles. The normalized spacial score (nSPS) is 10.7. The Morgan fingerprint density at radius 1 is 0.850 bits per heavy atom. The van der Waals surface area contributed by atoms with E-state index in [-0.39, 0.29) is 0 Å². The second-order valence-electron chi connectivity index (χ2n) is 5.19. The number of hydrogen-bond donors (Lipinski definition) is 0. The van der Waals surface area contributed by atoms with Crippen LogP contribution in [-0.2, 0) is 11.2 Å². The molecular weight excluding hydrogens is 248 g/mol. The van der Waals surface area contributed by atoms with Crippen molar-refractivity contribution in [2.24, 2.45) is 0 Å². The van der Waals surface area contributed by atoms with Gasteiger partial charge in [0.15, 0.2) is 0 Å². The van der Waals surface area contributed by atoms with Gasteiger partial charge in [-0.2, -0.15) is 0 Å². The second-order valence-corrected chi connectivity index (χ2v) is 5.19. The van der Waals surface area contributed by atoms with Gasteiger partial charge in [-0.25, -0.2) is 0 Å². The van der Waals surface area contributed by atoms with E-state index in [2.05, 4.69) is 19.1 Å². The van der Waals surface area contributed by atoms with Crippen molar-refractivity contribution in [3.05, 3.63) is 36.8 Å². The van der Waals surface area contributed by atoms with Crippen LogP contribution in [0, 0.1) is 6.92 Å². The summed E-state index contributed by atoms with van der Waals surface area (Å²) in [5, 5.41) is 0. The molecule has 1 aromatic carbocycles. The zero-order valence-electron chi connectivity index (χ0n) is 12.9. The first kappa shape index (κ1) is 17.0. The highest BCUT2D eigenvalue weighted by Gasteiger charge is 1.96. The highest BCUT2D eigenvalue weighted by molar-refractivity contribution is 5.27. The number of aryl methyl sites for hydroxylation is 1. The van der Waals surface area contributed by atoms with Crippen LogP contribution < -0.4 is 4.74 Å². The van der Waals surface area contributed by atoms with Crippen molar-refractivity contribution in [3.8, 4) is 5.75 Å². The summed E-state index contributed by atoms with van der Waals surface area (Å²) in [5.41, 5.74) is 1.39. The van der Waals surface area contributed by atoms with Crippen LogP contribution in [0.25, 0.3) is 0 Å². The van der Waals surface area contributed by atoms with Crippen LogP contribution in [-0.4, -0.2) is 20.3 Å². The quantitative estimate of drug-likeness (QED) is 0.510. The molecule has 113 valence electrons. The third kappa shape index (κ3) is 8.21. The van der Waals surface area contributed by atoms with Crippen LogP contribution in [0.5, 0.6) is 5.75 Å². The van der Waals surface area contributed by atoms with E-state index in [9.17, 15) is 0 Å². The van der Waals surface area contributed by atoms with Crippen LogP contribution in [0.2, 0.25) is 0 Å². The van der Waals surface area contributed by atoms with Crippen molar-refractivity contribution >= 4 is 0 Å². The van der Waals surface area contributed by atoms with Crippen molar-refractivity contribution in [2.75, 3.05) is 20.3 Å². The van der Waals surface area contributed by atoms with Gasteiger partial charge in [-0.15, -0.1) is 0 Å². The van der Waals surface area contributed by atoms with E-state index in [1.807, 2.05) is 12.1 Å². The fourth-order valence-electron chi connectivity index (χ4n) is 2.16. The maximum absolute atomic E-state index is 5.63. The highest BCUT2D eigenvalue weighted by Crippen LogP contribution is 2.13. The molecule has 0 aromatic heterocycles. The summed E-state index contributed by atoms with van der Waals surface area (Å²) in [6.07, 6.45) is 9.50. The minimum absolute atomic E-state index is 0.910. The highest BCUT2D eigenvalue weighted by atomic mass is 16.5. The van der Waals surface area contributed by atoms with Crippen molar-refractivity contribution < 1.29 is 9.47 Å². The predicted molar refractivity (Wildman–Crippen MR) is 85.2 cm³/mol. The molecule has 20 heavy (non-hydrogen) atoms. The Bertz CT molecular complexity index is 319. The number of hydrogen-bond acceptors (Lipinski definition) is 2. The molecule has 0 saturated carbocycles. The van der Waals surface area contributed by atoms with Crippen molar-refractivity contribution in [3.63, 3.8) is 0 Å². The molecule has 0 atom stereocenters. The lowest BCUT2D eigenvalue weighted by Crippen LogP contribution is -1.97. The van der Waals surface area contributed by atoms with E-state index < -0.39 is 0 Å². The van der Waals surface area contributed by atoms with Crippen LogP contribution in [0.4, 0.5) is 0 Å². The molecule has 0 heterocycles. The number of ether oxygens (including phenoxy) is 2. The van der Waals surface area contributed by atoms with Gasteiger partial charge in [0.1, 0.15) is 5.75 Å². The van der Waals surface area contributed by atoms with Crippen molar-refractivity contribution in [2.45, 2.75) is 51.4 Å². The first-order valence-electron chi connectivity index (χ1n) is 7.86. The maximum atomic E-state index is 5.63. The van der Waals surface area contributed by atoms with Gasteiger partial charge in [0.05, 0.1) is 7.11 Å². The summed E-state index contributed by atoms with van der Waals surface area (Å²) >= 11 is 0. The third-order valence-electron chi connectivity index (χ3n) is 3.45. The summed E-state index contributed by atoms with van der Waals surface area (Å²) in [5.74, 6) is 0.931. The van der Waals surface area contributed by atoms with Gasteiger partial charge < -0.3 is 9.47 Å². The SMILES string of the molecule is [CH2]CCCCCOCCCCCc1ccc(OC)cc1. The molecule has 1 aromatic rings. The smallest absolute Gasteiger partial charge is 0.118 e. The fourth-order valence-corrected chi connectivity index (χ4v) is 2.16. The molecule has 0 aliphatic carbocycles. The molecule has 0 N–H and O–H groups in total. The minimum atomic E-state index is 0.910. The van der Waals surface area contributed by atoms with Crippen LogP contribution in [0.15, 0.2) is 24.3 Å². The Balaban J connectivity index is 1.91. The third-order valence-corrected chi connectivity index (χ3v) is 3.45. The maximum Gasteiger partial charge on any atom is 0.118 e. The van der Waals surface area contributed by atoms with Crippen LogP contribution >= 0.6 is 0 Å². The van der Waals surface area contributed by atoms with Gasteiger partial charge >= 0.3 is 0 Å². The van der Waals surface area contributed by atoms with Crippen molar-refractivity contribution in [1.82, 2.24) is 0 Å². The summed E-state index contributed by atoms with van der Waals surface area (Å²) in [4.78, 5) is 0. The number of unbranched alkanes of at least 4 members (excludes halogenated alkanes) is 5. The largest absolute Gasteiger partial charge is 0.497 e. The molecule has 1 rings (SSSR count). The summed E-state index contributed by atoms with van der Waals surface area (Å²) in [6, 6.07) is 8.37. The lowest BCUT2D eigenvalue weighted by molar-refractivity contribution is 0.126. The standard InChI is InChI=1S/C18H29O2/c1-3-4-5-8-15-20-16-9-6-7-10-17-11-13-18(19-2)14-12-17/h11-14H,1,3-10,15-16H2,2H3. The van der Waals surface area contributed by atoms with E-state index in [1.54, 1.807) is 7.11 Å². The average molecular weight is 277 g/mol. The predicted octanol–water partition coefficient (Wildman–Crippen LogP) is 4.82. The van der Waals surface area contributed by atoms with Crippen LogP contribution in [0.3, 0.4) is 0 Å². The summed E-state index contributed by atoms with van der Waals surface area (Å²) in [7, 11) is 1.70. The molecule has 0 amide bonds. The molecule has 0 unspecified atom stereocenters. The molecule has 0 saturated heterocycles.